The second-order valence-electron chi connectivity index (χ2n) is 4.29. The first-order valence-electron chi connectivity index (χ1n) is 6.05. The molecule has 0 spiro atoms. The summed E-state index contributed by atoms with van der Waals surface area (Å²) < 4.78 is 0. The molecule has 1 aliphatic heterocycles. The van der Waals surface area contributed by atoms with Crippen LogP contribution >= 0.6 is 12.2 Å². The number of β-amino-alcohol motifs (C(OH)–C–C–N with tert-alkyl or cyclic N) is 1. The van der Waals surface area contributed by atoms with E-state index in [1.54, 1.807) is 6.20 Å². The molecule has 0 bridgehead atoms. The number of pyridine rings is 1. The first-order valence-corrected chi connectivity index (χ1v) is 6.46. The Morgan fingerprint density at radius 1 is 1.39 bits per heavy atom. The van der Waals surface area contributed by atoms with Crippen LogP contribution in [-0.2, 0) is 0 Å². The largest absolute Gasteiger partial charge is 0.395 e. The van der Waals surface area contributed by atoms with Crippen molar-refractivity contribution in [2.24, 2.45) is 5.73 Å². The molecule has 0 atom stereocenters. The van der Waals surface area contributed by atoms with Crippen LogP contribution in [0.3, 0.4) is 0 Å². The van der Waals surface area contributed by atoms with Gasteiger partial charge in [-0.15, -0.1) is 0 Å². The summed E-state index contributed by atoms with van der Waals surface area (Å²) >= 11 is 5.03. The van der Waals surface area contributed by atoms with Gasteiger partial charge in [-0.2, -0.15) is 0 Å². The minimum atomic E-state index is 0.213. The molecule has 98 valence electrons. The van der Waals surface area contributed by atoms with E-state index >= 15 is 0 Å². The summed E-state index contributed by atoms with van der Waals surface area (Å²) in [6, 6.07) is 3.90. The monoisotopic (exact) mass is 266 g/mol. The van der Waals surface area contributed by atoms with Crippen molar-refractivity contribution in [1.82, 2.24) is 9.88 Å². The van der Waals surface area contributed by atoms with Gasteiger partial charge in [-0.25, -0.2) is 0 Å². The number of aliphatic hydroxyl groups is 1. The molecule has 1 saturated heterocycles. The van der Waals surface area contributed by atoms with Gasteiger partial charge in [0.15, 0.2) is 0 Å². The number of aliphatic hydroxyl groups excluding tert-OH is 1. The molecule has 1 aliphatic rings. The van der Waals surface area contributed by atoms with Crippen molar-refractivity contribution in [2.75, 3.05) is 44.2 Å². The van der Waals surface area contributed by atoms with Crippen LogP contribution in [-0.4, -0.2) is 59.3 Å². The van der Waals surface area contributed by atoms with Crippen LogP contribution in [0.15, 0.2) is 18.3 Å². The van der Waals surface area contributed by atoms with Crippen molar-refractivity contribution in [1.29, 1.82) is 0 Å². The maximum atomic E-state index is 8.92. The van der Waals surface area contributed by atoms with Crippen molar-refractivity contribution in [3.8, 4) is 0 Å². The Hall–Kier alpha value is -1.24. The Kier molecular flexibility index (Phi) is 4.46. The number of piperazine rings is 1. The molecular weight excluding hydrogens is 248 g/mol. The quantitative estimate of drug-likeness (QED) is 0.738. The van der Waals surface area contributed by atoms with Crippen molar-refractivity contribution in [2.45, 2.75) is 0 Å². The smallest absolute Gasteiger partial charge is 0.124 e. The summed E-state index contributed by atoms with van der Waals surface area (Å²) in [7, 11) is 0. The molecule has 2 rings (SSSR count). The fourth-order valence-electron chi connectivity index (χ4n) is 2.20. The molecule has 1 aromatic rings. The summed E-state index contributed by atoms with van der Waals surface area (Å²) in [5, 5.41) is 8.92. The van der Waals surface area contributed by atoms with Crippen molar-refractivity contribution in [3.63, 3.8) is 0 Å². The summed E-state index contributed by atoms with van der Waals surface area (Å²) in [6.07, 6.45) is 1.71. The average molecular weight is 266 g/mol. The minimum Gasteiger partial charge on any atom is -0.395 e. The van der Waals surface area contributed by atoms with E-state index in [-0.39, 0.29) is 6.61 Å². The molecule has 0 unspecified atom stereocenters. The van der Waals surface area contributed by atoms with Crippen LogP contribution in [0.1, 0.15) is 5.69 Å². The van der Waals surface area contributed by atoms with E-state index in [1.165, 1.54) is 0 Å². The summed E-state index contributed by atoms with van der Waals surface area (Å²) in [5.41, 5.74) is 7.40. The lowest BCUT2D eigenvalue weighted by Crippen LogP contribution is -2.47. The highest BCUT2D eigenvalue weighted by atomic mass is 32.1. The molecule has 0 aromatic carbocycles. The molecule has 1 fully saturated rings. The van der Waals surface area contributed by atoms with Crippen molar-refractivity contribution in [3.05, 3.63) is 24.0 Å². The zero-order chi connectivity index (χ0) is 13.0. The third-order valence-corrected chi connectivity index (χ3v) is 3.34. The van der Waals surface area contributed by atoms with E-state index in [4.69, 9.17) is 23.1 Å². The third-order valence-electron chi connectivity index (χ3n) is 3.15. The molecule has 1 aromatic heterocycles. The van der Waals surface area contributed by atoms with Crippen LogP contribution in [0.2, 0.25) is 0 Å². The molecule has 0 radical (unpaired) electrons. The van der Waals surface area contributed by atoms with Gasteiger partial charge in [0.05, 0.1) is 12.3 Å². The predicted molar refractivity (Wildman–Crippen MR) is 75.9 cm³/mol. The molecule has 5 nitrogen and oxygen atoms in total. The Morgan fingerprint density at radius 2 is 2.11 bits per heavy atom. The fraction of sp³-hybridized carbons (Fsp3) is 0.500. The SMILES string of the molecule is NC(=S)c1ncccc1N1CCN(CCO)CC1. The fourth-order valence-corrected chi connectivity index (χ4v) is 2.35. The lowest BCUT2D eigenvalue weighted by molar-refractivity contribution is 0.189. The van der Waals surface area contributed by atoms with Gasteiger partial charge in [0.25, 0.3) is 0 Å². The van der Waals surface area contributed by atoms with E-state index < -0.39 is 0 Å². The number of hydrogen-bond acceptors (Lipinski definition) is 5. The van der Waals surface area contributed by atoms with E-state index in [2.05, 4.69) is 14.8 Å². The van der Waals surface area contributed by atoms with Crippen LogP contribution in [0.25, 0.3) is 0 Å². The molecule has 3 N–H and O–H groups in total. The average Bonchev–Trinajstić information content (AvgIpc) is 2.40. The molecule has 0 amide bonds. The predicted octanol–water partition coefficient (Wildman–Crippen LogP) is -0.170. The Labute approximate surface area is 112 Å². The van der Waals surface area contributed by atoms with Crippen molar-refractivity contribution >= 4 is 22.9 Å². The van der Waals surface area contributed by atoms with E-state index in [9.17, 15) is 0 Å². The van der Waals surface area contributed by atoms with Gasteiger partial charge in [0.2, 0.25) is 0 Å². The van der Waals surface area contributed by atoms with E-state index in [1.807, 2.05) is 12.1 Å². The van der Waals surface area contributed by atoms with Gasteiger partial charge in [-0.05, 0) is 12.1 Å². The van der Waals surface area contributed by atoms with Crippen LogP contribution in [0.5, 0.6) is 0 Å². The van der Waals surface area contributed by atoms with Crippen LogP contribution in [0.4, 0.5) is 5.69 Å². The molecule has 0 aliphatic carbocycles. The van der Waals surface area contributed by atoms with Gasteiger partial charge in [-0.3, -0.25) is 9.88 Å². The van der Waals surface area contributed by atoms with E-state index in [0.29, 0.717) is 10.7 Å². The zero-order valence-corrected chi connectivity index (χ0v) is 11.1. The first kappa shape index (κ1) is 13.2. The Balaban J connectivity index is 2.07. The van der Waals surface area contributed by atoms with Gasteiger partial charge < -0.3 is 15.7 Å². The van der Waals surface area contributed by atoms with Gasteiger partial charge in [0, 0.05) is 38.9 Å². The molecular formula is C12H18N4OS. The van der Waals surface area contributed by atoms with Crippen LogP contribution in [0, 0.1) is 0 Å². The highest BCUT2D eigenvalue weighted by Gasteiger charge is 2.19. The highest BCUT2D eigenvalue weighted by Crippen LogP contribution is 2.19. The number of aromatic nitrogens is 1. The molecule has 0 saturated carbocycles. The summed E-state index contributed by atoms with van der Waals surface area (Å²) in [4.78, 5) is 9.07. The lowest BCUT2D eigenvalue weighted by Gasteiger charge is -2.36. The maximum Gasteiger partial charge on any atom is 0.124 e. The van der Waals surface area contributed by atoms with Crippen molar-refractivity contribution < 1.29 is 5.11 Å². The van der Waals surface area contributed by atoms with Gasteiger partial charge in [-0.1, -0.05) is 12.2 Å². The standard InChI is InChI=1S/C12H18N4OS/c13-12(18)11-10(2-1-3-14-11)16-6-4-15(5-7-16)8-9-17/h1-3,17H,4-9H2,(H2,13,18). The number of rotatable bonds is 4. The Morgan fingerprint density at radius 3 is 2.72 bits per heavy atom. The second kappa shape index (κ2) is 6.08. The van der Waals surface area contributed by atoms with E-state index in [0.717, 1.165) is 38.4 Å². The van der Waals surface area contributed by atoms with Gasteiger partial charge in [0.1, 0.15) is 10.7 Å². The minimum absolute atomic E-state index is 0.213. The summed E-state index contributed by atoms with van der Waals surface area (Å²) in [6.45, 7) is 4.63. The van der Waals surface area contributed by atoms with Crippen LogP contribution < -0.4 is 10.6 Å². The number of thiocarbonyl (C=S) groups is 1. The zero-order valence-electron chi connectivity index (χ0n) is 10.2. The summed E-state index contributed by atoms with van der Waals surface area (Å²) in [5.74, 6) is 0. The molecule has 2 heterocycles. The highest BCUT2D eigenvalue weighted by molar-refractivity contribution is 7.80. The Bertz CT molecular complexity index is 418. The first-order chi connectivity index (χ1) is 8.72. The molecule has 6 heteroatoms. The topological polar surface area (TPSA) is 65.6 Å². The number of anilines is 1. The van der Waals surface area contributed by atoms with Gasteiger partial charge >= 0.3 is 0 Å². The lowest BCUT2D eigenvalue weighted by atomic mass is 10.2. The maximum absolute atomic E-state index is 8.92. The third kappa shape index (κ3) is 2.95. The number of nitrogens with two attached hydrogens (primary N) is 1. The number of hydrogen-bond donors (Lipinski definition) is 2. The normalized spacial score (nSPS) is 16.8. The molecule has 18 heavy (non-hydrogen) atoms. The second-order valence-corrected chi connectivity index (χ2v) is 4.73. The number of nitrogens with zero attached hydrogens (tertiary/aromatic N) is 3.